The van der Waals surface area contributed by atoms with Crippen molar-refractivity contribution < 1.29 is 10.2 Å². The van der Waals surface area contributed by atoms with Gasteiger partial charge in [0.25, 0.3) is 0 Å². The molecule has 1 atom stereocenters. The molecule has 2 heteroatoms. The van der Waals surface area contributed by atoms with Crippen LogP contribution in [0.3, 0.4) is 0 Å². The highest BCUT2D eigenvalue weighted by Crippen LogP contribution is 1.93. The van der Waals surface area contributed by atoms with Crippen LogP contribution < -0.4 is 0 Å². The molecule has 0 bridgehead atoms. The van der Waals surface area contributed by atoms with Crippen molar-refractivity contribution in [3.8, 4) is 35.5 Å². The summed E-state index contributed by atoms with van der Waals surface area (Å²) in [5.74, 6) is 15.8. The lowest BCUT2D eigenvalue weighted by Crippen LogP contribution is -2.10. The molecule has 0 amide bonds. The van der Waals surface area contributed by atoms with Gasteiger partial charge in [-0.15, -0.1) is 0 Å². The minimum atomic E-state index is -0.679. The van der Waals surface area contributed by atoms with Gasteiger partial charge in [-0.05, 0) is 43.1 Å². The maximum atomic E-state index is 8.97. The van der Waals surface area contributed by atoms with Gasteiger partial charge in [0.2, 0.25) is 0 Å². The minimum Gasteiger partial charge on any atom is -0.394 e. The molecule has 0 aromatic heterocycles. The van der Waals surface area contributed by atoms with E-state index in [9.17, 15) is 0 Å². The van der Waals surface area contributed by atoms with Crippen LogP contribution >= 0.6 is 0 Å². The summed E-state index contributed by atoms with van der Waals surface area (Å²) in [6, 6.07) is 0. The maximum Gasteiger partial charge on any atom is 0.0780 e. The summed E-state index contributed by atoms with van der Waals surface area (Å²) in [6.07, 6.45) is 3.85. The lowest BCUT2D eigenvalue weighted by atomic mass is 10.2. The van der Waals surface area contributed by atoms with Gasteiger partial charge >= 0.3 is 0 Å². The van der Waals surface area contributed by atoms with Crippen molar-refractivity contribution in [2.75, 3.05) is 6.61 Å². The van der Waals surface area contributed by atoms with Crippen LogP contribution in [0.15, 0.2) is 12.2 Å². The summed E-state index contributed by atoms with van der Waals surface area (Å²) in [7, 11) is 0. The predicted molar refractivity (Wildman–Crippen MR) is 60.5 cm³/mol. The van der Waals surface area contributed by atoms with Gasteiger partial charge < -0.3 is 10.2 Å². The quantitative estimate of drug-likeness (QED) is 0.662. The fourth-order valence-corrected chi connectivity index (χ4v) is 0.660. The van der Waals surface area contributed by atoms with Crippen LogP contribution in [0, 0.1) is 35.5 Å². The van der Waals surface area contributed by atoms with E-state index in [0.29, 0.717) is 12.8 Å². The van der Waals surface area contributed by atoms with Gasteiger partial charge in [-0.2, -0.15) is 0 Å². The Kier molecular flexibility index (Phi) is 9.27. The first-order chi connectivity index (χ1) is 7.31. The van der Waals surface area contributed by atoms with Crippen LogP contribution in [-0.4, -0.2) is 22.9 Å². The van der Waals surface area contributed by atoms with Gasteiger partial charge in [0.1, 0.15) is 0 Å². The SMILES string of the molecule is CC=CC#CC#CC#CCCC(O)CO. The van der Waals surface area contributed by atoms with Crippen molar-refractivity contribution in [2.45, 2.75) is 25.9 Å². The Labute approximate surface area is 91.0 Å². The van der Waals surface area contributed by atoms with E-state index >= 15 is 0 Å². The summed E-state index contributed by atoms with van der Waals surface area (Å²) in [5, 5.41) is 17.5. The molecular formula is C13H14O2. The molecule has 0 aliphatic carbocycles. The number of hydrogen-bond acceptors (Lipinski definition) is 2. The van der Waals surface area contributed by atoms with Crippen LogP contribution in [0.25, 0.3) is 0 Å². The molecule has 0 aromatic rings. The van der Waals surface area contributed by atoms with E-state index in [1.165, 1.54) is 0 Å². The molecular weight excluding hydrogens is 188 g/mol. The molecule has 1 unspecified atom stereocenters. The standard InChI is InChI=1S/C13H14O2/c1-2-3-4-5-6-7-8-9-10-11-13(15)12-14/h2-3,13-15H,10-12H2,1H3. The van der Waals surface area contributed by atoms with Crippen LogP contribution in [0.2, 0.25) is 0 Å². The van der Waals surface area contributed by atoms with E-state index in [0.717, 1.165) is 0 Å². The molecule has 0 spiro atoms. The molecule has 0 aromatic carbocycles. The molecule has 0 radical (unpaired) electrons. The Balaban J connectivity index is 3.76. The molecule has 0 aliphatic heterocycles. The second kappa shape index (κ2) is 10.4. The number of aliphatic hydroxyl groups excluding tert-OH is 2. The van der Waals surface area contributed by atoms with Gasteiger partial charge in [0.15, 0.2) is 0 Å². The maximum absolute atomic E-state index is 8.97. The Bertz CT molecular complexity index is 361. The van der Waals surface area contributed by atoms with Gasteiger partial charge in [-0.25, -0.2) is 0 Å². The van der Waals surface area contributed by atoms with Gasteiger partial charge in [-0.1, -0.05) is 17.9 Å². The van der Waals surface area contributed by atoms with Gasteiger partial charge in [0.05, 0.1) is 12.7 Å². The lowest BCUT2D eigenvalue weighted by Gasteiger charge is -2.00. The van der Waals surface area contributed by atoms with E-state index in [1.807, 2.05) is 13.0 Å². The molecule has 78 valence electrons. The summed E-state index contributed by atoms with van der Waals surface area (Å²) in [5.41, 5.74) is 0. The van der Waals surface area contributed by atoms with Crippen molar-refractivity contribution in [1.82, 2.24) is 0 Å². The Morgan fingerprint density at radius 1 is 1.20 bits per heavy atom. The van der Waals surface area contributed by atoms with E-state index < -0.39 is 6.10 Å². The first kappa shape index (κ1) is 13.3. The zero-order chi connectivity index (χ0) is 11.4. The second-order valence-electron chi connectivity index (χ2n) is 2.70. The average Bonchev–Trinajstić information content (AvgIpc) is 2.26. The average molecular weight is 202 g/mol. The molecule has 0 saturated carbocycles. The van der Waals surface area contributed by atoms with Crippen LogP contribution in [0.5, 0.6) is 0 Å². The number of hydrogen-bond donors (Lipinski definition) is 2. The fraction of sp³-hybridized carbons (Fsp3) is 0.385. The van der Waals surface area contributed by atoms with Crippen LogP contribution in [-0.2, 0) is 0 Å². The Morgan fingerprint density at radius 3 is 2.60 bits per heavy atom. The monoisotopic (exact) mass is 202 g/mol. The Morgan fingerprint density at radius 2 is 1.93 bits per heavy atom. The number of aliphatic hydroxyl groups is 2. The number of allylic oxidation sites excluding steroid dienone is 2. The lowest BCUT2D eigenvalue weighted by molar-refractivity contribution is 0.0896. The third-order valence-electron chi connectivity index (χ3n) is 1.41. The van der Waals surface area contributed by atoms with Crippen molar-refractivity contribution in [3.05, 3.63) is 12.2 Å². The van der Waals surface area contributed by atoms with E-state index in [2.05, 4.69) is 35.5 Å². The van der Waals surface area contributed by atoms with Crippen molar-refractivity contribution in [1.29, 1.82) is 0 Å². The first-order valence-electron chi connectivity index (χ1n) is 4.69. The molecule has 0 saturated heterocycles. The highest BCUT2D eigenvalue weighted by atomic mass is 16.3. The van der Waals surface area contributed by atoms with E-state index in [-0.39, 0.29) is 6.61 Å². The smallest absolute Gasteiger partial charge is 0.0780 e. The molecule has 0 heterocycles. The molecule has 0 aliphatic rings. The van der Waals surface area contributed by atoms with Crippen molar-refractivity contribution in [3.63, 3.8) is 0 Å². The van der Waals surface area contributed by atoms with Gasteiger partial charge in [-0.3, -0.25) is 0 Å². The summed E-state index contributed by atoms with van der Waals surface area (Å²) in [6.45, 7) is 1.66. The number of rotatable bonds is 3. The summed E-state index contributed by atoms with van der Waals surface area (Å²) < 4.78 is 0. The molecule has 0 fully saturated rings. The highest BCUT2D eigenvalue weighted by molar-refractivity contribution is 5.37. The molecule has 2 nitrogen and oxygen atoms in total. The minimum absolute atomic E-state index is 0.220. The summed E-state index contributed by atoms with van der Waals surface area (Å²) >= 11 is 0. The second-order valence-corrected chi connectivity index (χ2v) is 2.70. The third-order valence-corrected chi connectivity index (χ3v) is 1.41. The normalized spacial score (nSPS) is 10.3. The zero-order valence-corrected chi connectivity index (χ0v) is 8.75. The Hall–Kier alpha value is -1.66. The van der Waals surface area contributed by atoms with Crippen LogP contribution in [0.1, 0.15) is 19.8 Å². The molecule has 15 heavy (non-hydrogen) atoms. The first-order valence-corrected chi connectivity index (χ1v) is 4.69. The largest absolute Gasteiger partial charge is 0.394 e. The van der Waals surface area contributed by atoms with E-state index in [1.54, 1.807) is 6.08 Å². The zero-order valence-electron chi connectivity index (χ0n) is 8.75. The van der Waals surface area contributed by atoms with Crippen molar-refractivity contribution >= 4 is 0 Å². The van der Waals surface area contributed by atoms with Gasteiger partial charge in [0, 0.05) is 6.42 Å². The van der Waals surface area contributed by atoms with Crippen molar-refractivity contribution in [2.24, 2.45) is 0 Å². The molecule has 2 N–H and O–H groups in total. The van der Waals surface area contributed by atoms with Crippen LogP contribution in [0.4, 0.5) is 0 Å². The van der Waals surface area contributed by atoms with E-state index in [4.69, 9.17) is 10.2 Å². The third kappa shape index (κ3) is 10.3. The summed E-state index contributed by atoms with van der Waals surface area (Å²) in [4.78, 5) is 0. The predicted octanol–water partition coefficient (Wildman–Crippen LogP) is 0.706. The highest BCUT2D eigenvalue weighted by Gasteiger charge is 1.97. The molecule has 0 rings (SSSR count). The topological polar surface area (TPSA) is 40.5 Å². The fourth-order valence-electron chi connectivity index (χ4n) is 0.660.